The molecule has 21 heavy (non-hydrogen) atoms. The van der Waals surface area contributed by atoms with Gasteiger partial charge in [-0.2, -0.15) is 0 Å². The summed E-state index contributed by atoms with van der Waals surface area (Å²) in [6.07, 6.45) is 0.929. The maximum atomic E-state index is 11.6. The smallest absolute Gasteiger partial charge is 0.347 e. The van der Waals surface area contributed by atoms with Crippen LogP contribution in [0.25, 0.3) is 0 Å². The predicted octanol–water partition coefficient (Wildman–Crippen LogP) is 3.20. The van der Waals surface area contributed by atoms with Crippen molar-refractivity contribution in [2.75, 3.05) is 6.61 Å². The van der Waals surface area contributed by atoms with Gasteiger partial charge in [-0.05, 0) is 32.0 Å². The van der Waals surface area contributed by atoms with Crippen molar-refractivity contribution in [2.24, 2.45) is 0 Å². The van der Waals surface area contributed by atoms with Crippen LogP contribution in [0, 0.1) is 0 Å². The molecule has 0 saturated heterocycles. The molecule has 2 aromatic rings. The molecule has 0 fully saturated rings. The molecule has 0 saturated carbocycles. The topological polar surface area (TPSA) is 57.7 Å². The molecule has 0 aliphatic rings. The lowest BCUT2D eigenvalue weighted by molar-refractivity contribution is -0.150. The maximum Gasteiger partial charge on any atom is 0.347 e. The number of para-hydroxylation sites is 2. The Labute approximate surface area is 123 Å². The van der Waals surface area contributed by atoms with Gasteiger partial charge in [0.05, 0.1) is 6.61 Å². The Morgan fingerprint density at radius 2 is 1.86 bits per heavy atom. The number of hydrogen-bond acceptors (Lipinski definition) is 5. The van der Waals surface area contributed by atoms with Crippen LogP contribution in [0.2, 0.25) is 0 Å². The molecule has 0 spiro atoms. The van der Waals surface area contributed by atoms with Crippen molar-refractivity contribution in [1.82, 2.24) is 4.98 Å². The van der Waals surface area contributed by atoms with Crippen LogP contribution in [-0.2, 0) is 9.53 Å². The second-order valence-corrected chi connectivity index (χ2v) is 4.23. The summed E-state index contributed by atoms with van der Waals surface area (Å²) in [5.74, 6) is 0.999. The van der Waals surface area contributed by atoms with Crippen LogP contribution >= 0.6 is 0 Å². The molecule has 0 aliphatic heterocycles. The highest BCUT2D eigenvalue weighted by molar-refractivity contribution is 5.74. The highest BCUT2D eigenvalue weighted by atomic mass is 16.6. The second-order valence-electron chi connectivity index (χ2n) is 4.23. The van der Waals surface area contributed by atoms with E-state index in [-0.39, 0.29) is 0 Å². The molecule has 1 aromatic carbocycles. The van der Waals surface area contributed by atoms with Crippen molar-refractivity contribution in [3.63, 3.8) is 0 Å². The number of rotatable bonds is 6. The highest BCUT2D eigenvalue weighted by Crippen LogP contribution is 2.31. The summed E-state index contributed by atoms with van der Waals surface area (Å²) >= 11 is 0. The fourth-order valence-corrected chi connectivity index (χ4v) is 1.65. The van der Waals surface area contributed by atoms with Crippen LogP contribution in [0.1, 0.15) is 13.8 Å². The number of pyridine rings is 1. The van der Waals surface area contributed by atoms with Crippen LogP contribution in [0.4, 0.5) is 0 Å². The standard InChI is InChI=1S/C16H17NO4/c1-3-19-16(18)12(2)20-13-8-4-5-9-14(13)21-15-10-6-7-11-17-15/h4-12H,3H2,1-2H3. The predicted molar refractivity (Wildman–Crippen MR) is 77.5 cm³/mol. The minimum absolute atomic E-state index is 0.318. The molecule has 5 nitrogen and oxygen atoms in total. The summed E-state index contributed by atoms with van der Waals surface area (Å²) in [4.78, 5) is 15.7. The molecule has 0 radical (unpaired) electrons. The van der Waals surface area contributed by atoms with Gasteiger partial charge in [-0.25, -0.2) is 9.78 Å². The van der Waals surface area contributed by atoms with Crippen molar-refractivity contribution in [1.29, 1.82) is 0 Å². The van der Waals surface area contributed by atoms with E-state index in [0.717, 1.165) is 0 Å². The first-order valence-corrected chi connectivity index (χ1v) is 6.72. The van der Waals surface area contributed by atoms with Crippen molar-refractivity contribution >= 4 is 5.97 Å². The number of carbonyl (C=O) groups excluding carboxylic acids is 1. The summed E-state index contributed by atoms with van der Waals surface area (Å²) in [5, 5.41) is 0. The van der Waals surface area contributed by atoms with Gasteiger partial charge in [0.2, 0.25) is 5.88 Å². The molecule has 0 N–H and O–H groups in total. The summed E-state index contributed by atoms with van der Waals surface area (Å²) < 4.78 is 16.2. The van der Waals surface area contributed by atoms with Gasteiger partial charge in [-0.15, -0.1) is 0 Å². The van der Waals surface area contributed by atoms with Crippen molar-refractivity contribution in [2.45, 2.75) is 20.0 Å². The number of aromatic nitrogens is 1. The molecule has 0 bridgehead atoms. The minimum atomic E-state index is -0.710. The van der Waals surface area contributed by atoms with Crippen molar-refractivity contribution in [3.05, 3.63) is 48.7 Å². The molecule has 0 aliphatic carbocycles. The van der Waals surface area contributed by atoms with E-state index in [9.17, 15) is 4.79 Å². The lowest BCUT2D eigenvalue weighted by atomic mass is 10.3. The molecule has 0 amide bonds. The highest BCUT2D eigenvalue weighted by Gasteiger charge is 2.18. The molecule has 1 atom stereocenters. The van der Waals surface area contributed by atoms with E-state index in [0.29, 0.717) is 24.0 Å². The number of benzene rings is 1. The quantitative estimate of drug-likeness (QED) is 0.764. The van der Waals surface area contributed by atoms with E-state index in [1.54, 1.807) is 50.4 Å². The third-order valence-electron chi connectivity index (χ3n) is 2.62. The summed E-state index contributed by atoms with van der Waals surface area (Å²) in [7, 11) is 0. The normalized spacial score (nSPS) is 11.5. The zero-order valence-corrected chi connectivity index (χ0v) is 12.0. The van der Waals surface area contributed by atoms with Gasteiger partial charge in [0.15, 0.2) is 17.6 Å². The SMILES string of the molecule is CCOC(=O)C(C)Oc1ccccc1Oc1ccccn1. The molecule has 1 heterocycles. The van der Waals surface area contributed by atoms with E-state index >= 15 is 0 Å². The van der Waals surface area contributed by atoms with Gasteiger partial charge in [0.1, 0.15) is 0 Å². The average Bonchev–Trinajstić information content (AvgIpc) is 2.50. The Morgan fingerprint density at radius 3 is 2.52 bits per heavy atom. The zero-order valence-electron chi connectivity index (χ0n) is 12.0. The molecular formula is C16H17NO4. The van der Waals surface area contributed by atoms with Crippen LogP contribution in [-0.4, -0.2) is 23.7 Å². The zero-order chi connectivity index (χ0) is 15.1. The molecule has 110 valence electrons. The Balaban J connectivity index is 2.12. The van der Waals surface area contributed by atoms with E-state index in [4.69, 9.17) is 14.2 Å². The lowest BCUT2D eigenvalue weighted by Gasteiger charge is -2.16. The number of hydrogen-bond donors (Lipinski definition) is 0. The van der Waals surface area contributed by atoms with E-state index in [2.05, 4.69) is 4.98 Å². The lowest BCUT2D eigenvalue weighted by Crippen LogP contribution is -2.26. The second kappa shape index (κ2) is 7.28. The summed E-state index contributed by atoms with van der Waals surface area (Å²) in [5.41, 5.74) is 0. The van der Waals surface area contributed by atoms with Crippen LogP contribution in [0.3, 0.4) is 0 Å². The molecule has 1 unspecified atom stereocenters. The first-order valence-electron chi connectivity index (χ1n) is 6.72. The minimum Gasteiger partial charge on any atom is -0.475 e. The van der Waals surface area contributed by atoms with Crippen molar-refractivity contribution in [3.8, 4) is 17.4 Å². The molecular weight excluding hydrogens is 270 g/mol. The average molecular weight is 287 g/mol. The van der Waals surface area contributed by atoms with Crippen LogP contribution in [0.15, 0.2) is 48.7 Å². The van der Waals surface area contributed by atoms with Gasteiger partial charge in [-0.3, -0.25) is 0 Å². The third kappa shape index (κ3) is 4.21. The summed E-state index contributed by atoms with van der Waals surface area (Å²) in [6, 6.07) is 12.5. The molecule has 5 heteroatoms. The fourth-order valence-electron chi connectivity index (χ4n) is 1.65. The fraction of sp³-hybridized carbons (Fsp3) is 0.250. The van der Waals surface area contributed by atoms with Crippen LogP contribution in [0.5, 0.6) is 17.4 Å². The molecule has 2 rings (SSSR count). The first-order chi connectivity index (χ1) is 10.2. The number of nitrogens with zero attached hydrogens (tertiary/aromatic N) is 1. The van der Waals surface area contributed by atoms with Gasteiger partial charge in [0, 0.05) is 12.3 Å². The van der Waals surface area contributed by atoms with Gasteiger partial charge in [0.25, 0.3) is 0 Å². The molecule has 1 aromatic heterocycles. The number of esters is 1. The Bertz CT molecular complexity index is 586. The maximum absolute atomic E-state index is 11.6. The van der Waals surface area contributed by atoms with Gasteiger partial charge in [-0.1, -0.05) is 18.2 Å². The largest absolute Gasteiger partial charge is 0.475 e. The van der Waals surface area contributed by atoms with E-state index in [1.165, 1.54) is 0 Å². The van der Waals surface area contributed by atoms with E-state index in [1.807, 2.05) is 12.1 Å². The summed E-state index contributed by atoms with van der Waals surface area (Å²) in [6.45, 7) is 3.71. The number of carbonyl (C=O) groups is 1. The van der Waals surface area contributed by atoms with Gasteiger partial charge >= 0.3 is 5.97 Å². The third-order valence-corrected chi connectivity index (χ3v) is 2.62. The van der Waals surface area contributed by atoms with Crippen LogP contribution < -0.4 is 9.47 Å². The Kier molecular flexibility index (Phi) is 5.15. The van der Waals surface area contributed by atoms with Gasteiger partial charge < -0.3 is 14.2 Å². The van der Waals surface area contributed by atoms with E-state index < -0.39 is 12.1 Å². The Hall–Kier alpha value is -2.56. The first kappa shape index (κ1) is 14.8. The van der Waals surface area contributed by atoms with Crippen molar-refractivity contribution < 1.29 is 19.0 Å². The Morgan fingerprint density at radius 1 is 1.14 bits per heavy atom. The number of ether oxygens (including phenoxy) is 3. The monoisotopic (exact) mass is 287 g/mol.